The molecule has 2 heterocycles. The average molecular weight is 370 g/mol. The Morgan fingerprint density at radius 1 is 1.12 bits per heavy atom. The molecule has 7 heteroatoms. The zero-order chi connectivity index (χ0) is 17.7. The van der Waals surface area contributed by atoms with Gasteiger partial charge in [-0.3, -0.25) is 4.90 Å². The minimum absolute atomic E-state index is 0.0322. The van der Waals surface area contributed by atoms with Crippen LogP contribution in [-0.2, 0) is 17.5 Å². The molecule has 1 aromatic carbocycles. The second-order valence-electron chi connectivity index (χ2n) is 6.05. The lowest BCUT2D eigenvalue weighted by Crippen LogP contribution is -2.42. The molecule has 25 heavy (non-hydrogen) atoms. The highest BCUT2D eigenvalue weighted by Crippen LogP contribution is 2.31. The molecule has 136 valence electrons. The van der Waals surface area contributed by atoms with Crippen molar-refractivity contribution in [3.8, 4) is 0 Å². The Kier molecular flexibility index (Phi) is 6.11. The molecule has 3 nitrogen and oxygen atoms in total. The number of rotatable bonds is 6. The van der Waals surface area contributed by atoms with Crippen molar-refractivity contribution in [3.05, 3.63) is 57.8 Å². The highest BCUT2D eigenvalue weighted by Gasteiger charge is 2.31. The van der Waals surface area contributed by atoms with Gasteiger partial charge in [-0.2, -0.15) is 24.5 Å². The number of alkyl halides is 3. The Balaban J connectivity index is 1.70. The maximum Gasteiger partial charge on any atom is 0.416 e. The van der Waals surface area contributed by atoms with Crippen LogP contribution in [0.2, 0.25) is 0 Å². The first-order valence-electron chi connectivity index (χ1n) is 8.25. The lowest BCUT2D eigenvalue weighted by atomic mass is 10.0. The number of nitrogens with one attached hydrogen (secondary N) is 1. The van der Waals surface area contributed by atoms with Gasteiger partial charge in [-0.1, -0.05) is 12.1 Å². The van der Waals surface area contributed by atoms with Crippen molar-refractivity contribution in [2.45, 2.75) is 18.8 Å². The molecule has 0 radical (unpaired) electrons. The second-order valence-corrected chi connectivity index (χ2v) is 6.83. The maximum atomic E-state index is 12.8. The van der Waals surface area contributed by atoms with E-state index >= 15 is 0 Å². The Morgan fingerprint density at radius 2 is 1.84 bits per heavy atom. The minimum Gasteiger partial charge on any atom is -0.379 e. The third-order valence-electron chi connectivity index (χ3n) is 4.36. The lowest BCUT2D eigenvalue weighted by Gasteiger charge is -2.35. The van der Waals surface area contributed by atoms with Crippen LogP contribution in [0.3, 0.4) is 0 Å². The van der Waals surface area contributed by atoms with E-state index < -0.39 is 11.7 Å². The van der Waals surface area contributed by atoms with Crippen molar-refractivity contribution in [2.24, 2.45) is 0 Å². The fourth-order valence-corrected chi connectivity index (χ4v) is 3.66. The monoisotopic (exact) mass is 370 g/mol. The van der Waals surface area contributed by atoms with E-state index in [4.69, 9.17) is 4.74 Å². The number of morpholine rings is 1. The first-order valence-corrected chi connectivity index (χ1v) is 9.19. The van der Waals surface area contributed by atoms with Crippen molar-refractivity contribution in [2.75, 3.05) is 32.8 Å². The highest BCUT2D eigenvalue weighted by atomic mass is 32.1. The molecule has 1 saturated heterocycles. The van der Waals surface area contributed by atoms with Crippen LogP contribution in [0.15, 0.2) is 41.1 Å². The van der Waals surface area contributed by atoms with Crippen molar-refractivity contribution < 1.29 is 17.9 Å². The van der Waals surface area contributed by atoms with Gasteiger partial charge in [-0.15, -0.1) is 0 Å². The minimum atomic E-state index is -4.30. The summed E-state index contributed by atoms with van der Waals surface area (Å²) in [6.07, 6.45) is -4.30. The molecular weight excluding hydrogens is 349 g/mol. The first-order chi connectivity index (χ1) is 12.0. The molecular formula is C18H21F3N2OS. The van der Waals surface area contributed by atoms with Crippen LogP contribution in [-0.4, -0.2) is 37.7 Å². The normalized spacial score (nSPS) is 17.6. The van der Waals surface area contributed by atoms with Gasteiger partial charge in [0.05, 0.1) is 18.8 Å². The molecule has 1 unspecified atom stereocenters. The number of hydrogen-bond acceptors (Lipinski definition) is 4. The van der Waals surface area contributed by atoms with E-state index in [0.29, 0.717) is 19.8 Å². The summed E-state index contributed by atoms with van der Waals surface area (Å²) in [6.45, 7) is 4.31. The third-order valence-corrected chi connectivity index (χ3v) is 5.09. The zero-order valence-electron chi connectivity index (χ0n) is 13.8. The van der Waals surface area contributed by atoms with Gasteiger partial charge in [-0.05, 0) is 40.1 Å². The molecule has 0 aliphatic carbocycles. The number of hydrogen-bond donors (Lipinski definition) is 1. The lowest BCUT2D eigenvalue weighted by molar-refractivity contribution is -0.137. The number of nitrogens with zero attached hydrogens (tertiary/aromatic N) is 1. The van der Waals surface area contributed by atoms with Crippen molar-refractivity contribution in [1.29, 1.82) is 0 Å². The number of benzene rings is 1. The van der Waals surface area contributed by atoms with Crippen LogP contribution in [0.25, 0.3) is 0 Å². The largest absolute Gasteiger partial charge is 0.416 e. The van der Waals surface area contributed by atoms with E-state index in [-0.39, 0.29) is 6.04 Å². The molecule has 1 aliphatic heterocycles. The van der Waals surface area contributed by atoms with E-state index in [0.717, 1.165) is 25.2 Å². The molecule has 0 amide bonds. The molecule has 0 bridgehead atoms. The number of thiophene rings is 1. The standard InChI is InChI=1S/C18H21F3N2OS/c19-18(20,21)16-3-1-15(2-4-16)17(23-6-8-24-9-7-23)12-22-11-14-5-10-25-13-14/h1-5,10,13,17,22H,6-9,11-12H2. The molecule has 0 spiro atoms. The molecule has 2 aromatic rings. The summed E-state index contributed by atoms with van der Waals surface area (Å²) in [5.41, 5.74) is 1.51. The summed E-state index contributed by atoms with van der Waals surface area (Å²) in [4.78, 5) is 2.27. The van der Waals surface area contributed by atoms with Gasteiger partial charge in [0, 0.05) is 32.2 Å². The summed E-state index contributed by atoms with van der Waals surface area (Å²) < 4.78 is 43.8. The molecule has 1 N–H and O–H groups in total. The van der Waals surface area contributed by atoms with Crippen LogP contribution >= 0.6 is 11.3 Å². The van der Waals surface area contributed by atoms with Gasteiger partial charge in [0.1, 0.15) is 0 Å². The average Bonchev–Trinajstić information content (AvgIpc) is 3.12. The zero-order valence-corrected chi connectivity index (χ0v) is 14.6. The first kappa shape index (κ1) is 18.4. The van der Waals surface area contributed by atoms with Crippen LogP contribution in [0.5, 0.6) is 0 Å². The smallest absolute Gasteiger partial charge is 0.379 e. The molecule has 1 aliphatic rings. The maximum absolute atomic E-state index is 12.8. The van der Waals surface area contributed by atoms with Crippen molar-refractivity contribution in [3.63, 3.8) is 0 Å². The third kappa shape index (κ3) is 5.04. The summed E-state index contributed by atoms with van der Waals surface area (Å²) in [5.74, 6) is 0. The van der Waals surface area contributed by atoms with E-state index in [1.807, 2.05) is 5.38 Å². The number of ether oxygens (including phenoxy) is 1. The van der Waals surface area contributed by atoms with E-state index in [1.54, 1.807) is 23.5 Å². The Labute approximate surface area is 149 Å². The van der Waals surface area contributed by atoms with Gasteiger partial charge >= 0.3 is 6.18 Å². The summed E-state index contributed by atoms with van der Waals surface area (Å²) >= 11 is 1.65. The second kappa shape index (κ2) is 8.31. The van der Waals surface area contributed by atoms with E-state index in [1.165, 1.54) is 17.7 Å². The van der Waals surface area contributed by atoms with Crippen molar-refractivity contribution >= 4 is 11.3 Å². The predicted octanol–water partition coefficient (Wildman–Crippen LogP) is 3.93. The van der Waals surface area contributed by atoms with Gasteiger partial charge in [0.25, 0.3) is 0 Å². The van der Waals surface area contributed by atoms with Gasteiger partial charge in [-0.25, -0.2) is 0 Å². The summed E-state index contributed by atoms with van der Waals surface area (Å²) in [6, 6.07) is 7.62. The molecule has 3 rings (SSSR count). The topological polar surface area (TPSA) is 24.5 Å². The van der Waals surface area contributed by atoms with Gasteiger partial charge in [0.15, 0.2) is 0 Å². The predicted molar refractivity (Wildman–Crippen MR) is 92.6 cm³/mol. The Bertz CT molecular complexity index is 637. The van der Waals surface area contributed by atoms with Crippen LogP contribution in [0, 0.1) is 0 Å². The molecule has 1 atom stereocenters. The molecule has 1 aromatic heterocycles. The Morgan fingerprint density at radius 3 is 2.44 bits per heavy atom. The van der Waals surface area contributed by atoms with E-state index in [2.05, 4.69) is 21.7 Å². The van der Waals surface area contributed by atoms with Crippen LogP contribution in [0.4, 0.5) is 13.2 Å². The summed E-state index contributed by atoms with van der Waals surface area (Å²) in [5, 5.41) is 7.56. The SMILES string of the molecule is FC(F)(F)c1ccc(C(CNCc2ccsc2)N2CCOCC2)cc1. The Hall–Kier alpha value is -1.41. The fraction of sp³-hybridized carbons (Fsp3) is 0.444. The van der Waals surface area contributed by atoms with E-state index in [9.17, 15) is 13.2 Å². The highest BCUT2D eigenvalue weighted by molar-refractivity contribution is 7.07. The van der Waals surface area contributed by atoms with Crippen molar-refractivity contribution in [1.82, 2.24) is 10.2 Å². The van der Waals surface area contributed by atoms with Gasteiger partial charge < -0.3 is 10.1 Å². The van der Waals surface area contributed by atoms with Gasteiger partial charge in [0.2, 0.25) is 0 Å². The molecule has 1 fully saturated rings. The number of halogens is 3. The van der Waals surface area contributed by atoms with Crippen LogP contribution in [0.1, 0.15) is 22.7 Å². The van der Waals surface area contributed by atoms with Crippen LogP contribution < -0.4 is 5.32 Å². The fourth-order valence-electron chi connectivity index (χ4n) is 2.99. The summed E-state index contributed by atoms with van der Waals surface area (Å²) in [7, 11) is 0. The quantitative estimate of drug-likeness (QED) is 0.834. The molecule has 0 saturated carbocycles.